The second-order valence-electron chi connectivity index (χ2n) is 8.89. The molecule has 0 bridgehead atoms. The van der Waals surface area contributed by atoms with Crippen molar-refractivity contribution in [2.45, 2.75) is 13.0 Å². The standard InChI is InChI=1S/C28H23FN6O5/c1-16-24(28(37)33-22-8-3-4-9-23(22)40-2)25(17-6-5-7-20(14-17)35(38)39)34-26(31-16)21(15-30-34)27(36)32-19-12-10-18(29)11-13-19/h3-15,25,31H,1-2H3,(H,32,36)(H,33,37)/t25-/m0/s1. The number of anilines is 3. The van der Waals surface area contributed by atoms with Gasteiger partial charge in [-0.05, 0) is 48.9 Å². The van der Waals surface area contributed by atoms with Crippen LogP contribution in [0.15, 0.2) is 90.3 Å². The van der Waals surface area contributed by atoms with Crippen LogP contribution in [0.3, 0.4) is 0 Å². The quantitative estimate of drug-likeness (QED) is 0.217. The third-order valence-electron chi connectivity index (χ3n) is 6.37. The Morgan fingerprint density at radius 2 is 1.80 bits per heavy atom. The highest BCUT2D eigenvalue weighted by Gasteiger charge is 2.36. The second kappa shape index (κ2) is 10.7. The molecule has 1 atom stereocenters. The van der Waals surface area contributed by atoms with Gasteiger partial charge in [0.2, 0.25) is 0 Å². The molecule has 0 saturated heterocycles. The number of allylic oxidation sites excluding steroid dienone is 1. The Balaban J connectivity index is 1.57. The minimum atomic E-state index is -0.918. The maximum absolute atomic E-state index is 13.7. The first-order valence-corrected chi connectivity index (χ1v) is 12.1. The molecule has 40 heavy (non-hydrogen) atoms. The van der Waals surface area contributed by atoms with Crippen molar-refractivity contribution in [1.29, 1.82) is 0 Å². The van der Waals surface area contributed by atoms with Crippen molar-refractivity contribution in [1.82, 2.24) is 9.78 Å². The highest BCUT2D eigenvalue weighted by molar-refractivity contribution is 6.09. The largest absolute Gasteiger partial charge is 0.495 e. The van der Waals surface area contributed by atoms with Crippen molar-refractivity contribution in [3.05, 3.63) is 117 Å². The zero-order chi connectivity index (χ0) is 28.4. The topological polar surface area (TPSA) is 140 Å². The van der Waals surface area contributed by atoms with E-state index in [-0.39, 0.29) is 22.6 Å². The van der Waals surface area contributed by atoms with Gasteiger partial charge in [0.15, 0.2) is 0 Å². The summed E-state index contributed by atoms with van der Waals surface area (Å²) in [5, 5.41) is 24.6. The molecule has 12 heteroatoms. The molecule has 0 fully saturated rings. The third-order valence-corrected chi connectivity index (χ3v) is 6.37. The minimum Gasteiger partial charge on any atom is -0.495 e. The van der Waals surface area contributed by atoms with E-state index in [4.69, 9.17) is 4.74 Å². The molecule has 0 saturated carbocycles. The smallest absolute Gasteiger partial charge is 0.269 e. The summed E-state index contributed by atoms with van der Waals surface area (Å²) >= 11 is 0. The molecule has 202 valence electrons. The van der Waals surface area contributed by atoms with Crippen LogP contribution in [0.25, 0.3) is 0 Å². The number of nitrogens with one attached hydrogen (secondary N) is 3. The number of non-ortho nitro benzene ring substituents is 1. The number of halogens is 1. The van der Waals surface area contributed by atoms with Crippen LogP contribution in [0.1, 0.15) is 28.9 Å². The van der Waals surface area contributed by atoms with E-state index in [1.807, 2.05) is 0 Å². The van der Waals surface area contributed by atoms with Crippen LogP contribution in [0.2, 0.25) is 0 Å². The minimum absolute atomic E-state index is 0.156. The van der Waals surface area contributed by atoms with Crippen LogP contribution in [-0.2, 0) is 4.79 Å². The number of nitro benzene ring substituents is 1. The number of rotatable bonds is 7. The number of ether oxygens (including phenoxy) is 1. The molecule has 0 spiro atoms. The molecule has 11 nitrogen and oxygen atoms in total. The number of hydrogen-bond acceptors (Lipinski definition) is 7. The molecule has 3 aromatic carbocycles. The Morgan fingerprint density at radius 1 is 1.05 bits per heavy atom. The fraction of sp³-hybridized carbons (Fsp3) is 0.107. The van der Waals surface area contributed by atoms with E-state index in [0.717, 1.165) is 0 Å². The molecular formula is C28H23FN6O5. The van der Waals surface area contributed by atoms with E-state index < -0.39 is 28.6 Å². The molecule has 1 aliphatic rings. The normalized spacial score (nSPS) is 14.1. The van der Waals surface area contributed by atoms with Crippen molar-refractivity contribution in [2.24, 2.45) is 0 Å². The van der Waals surface area contributed by atoms with Crippen LogP contribution < -0.4 is 20.7 Å². The number of nitro groups is 1. The van der Waals surface area contributed by atoms with Gasteiger partial charge in [0, 0.05) is 23.5 Å². The second-order valence-corrected chi connectivity index (χ2v) is 8.89. The summed E-state index contributed by atoms with van der Waals surface area (Å²) in [4.78, 5) is 37.9. The van der Waals surface area contributed by atoms with Crippen LogP contribution in [0, 0.1) is 15.9 Å². The predicted molar refractivity (Wildman–Crippen MR) is 146 cm³/mol. The van der Waals surface area contributed by atoms with Crippen molar-refractivity contribution in [3.63, 3.8) is 0 Å². The molecule has 0 unspecified atom stereocenters. The van der Waals surface area contributed by atoms with E-state index in [9.17, 15) is 24.1 Å². The molecule has 2 heterocycles. The van der Waals surface area contributed by atoms with Gasteiger partial charge in [-0.2, -0.15) is 5.10 Å². The number of benzene rings is 3. The Bertz CT molecular complexity index is 1660. The fourth-order valence-corrected chi connectivity index (χ4v) is 4.50. The van der Waals surface area contributed by atoms with Gasteiger partial charge in [-0.15, -0.1) is 0 Å². The summed E-state index contributed by atoms with van der Waals surface area (Å²) in [5.74, 6) is -0.730. The number of amides is 2. The van der Waals surface area contributed by atoms with E-state index >= 15 is 0 Å². The first-order valence-electron chi connectivity index (χ1n) is 12.1. The van der Waals surface area contributed by atoms with Crippen LogP contribution in [0.5, 0.6) is 5.75 Å². The molecule has 1 aliphatic heterocycles. The summed E-state index contributed by atoms with van der Waals surface area (Å²) in [5.41, 5.74) is 1.85. The zero-order valence-corrected chi connectivity index (χ0v) is 21.3. The summed E-state index contributed by atoms with van der Waals surface area (Å²) in [6, 6.07) is 17.1. The van der Waals surface area contributed by atoms with Crippen molar-refractivity contribution >= 4 is 34.7 Å². The van der Waals surface area contributed by atoms with E-state index in [0.29, 0.717) is 28.4 Å². The summed E-state index contributed by atoms with van der Waals surface area (Å²) in [6.45, 7) is 1.67. The highest BCUT2D eigenvalue weighted by Crippen LogP contribution is 2.39. The fourth-order valence-electron chi connectivity index (χ4n) is 4.50. The Labute approximate surface area is 227 Å². The predicted octanol–water partition coefficient (Wildman–Crippen LogP) is 5.12. The van der Waals surface area contributed by atoms with Crippen LogP contribution >= 0.6 is 0 Å². The average Bonchev–Trinajstić information content (AvgIpc) is 3.37. The summed E-state index contributed by atoms with van der Waals surface area (Å²) < 4.78 is 20.1. The molecule has 0 aliphatic carbocycles. The number of nitrogens with zero attached hydrogens (tertiary/aromatic N) is 3. The van der Waals surface area contributed by atoms with E-state index in [1.54, 1.807) is 37.3 Å². The SMILES string of the molecule is COc1ccccc1NC(=O)C1=C(C)Nc2c(C(=O)Nc3ccc(F)cc3)cnn2[C@H]1c1cccc([N+](=O)[O-])c1. The van der Waals surface area contributed by atoms with Crippen molar-refractivity contribution in [2.75, 3.05) is 23.1 Å². The number of carbonyl (C=O) groups is 2. The maximum Gasteiger partial charge on any atom is 0.269 e. The number of para-hydroxylation sites is 2. The van der Waals surface area contributed by atoms with Gasteiger partial charge in [-0.3, -0.25) is 19.7 Å². The number of methoxy groups -OCH3 is 1. The van der Waals surface area contributed by atoms with Crippen LogP contribution in [0.4, 0.5) is 27.3 Å². The molecular weight excluding hydrogens is 519 g/mol. The van der Waals surface area contributed by atoms with Gasteiger partial charge in [0.05, 0.1) is 29.5 Å². The van der Waals surface area contributed by atoms with Gasteiger partial charge in [0.25, 0.3) is 17.5 Å². The highest BCUT2D eigenvalue weighted by atomic mass is 19.1. The molecule has 2 amide bonds. The molecule has 1 aromatic heterocycles. The van der Waals surface area contributed by atoms with Gasteiger partial charge < -0.3 is 20.7 Å². The van der Waals surface area contributed by atoms with Gasteiger partial charge in [0.1, 0.15) is 29.0 Å². The van der Waals surface area contributed by atoms with Crippen LogP contribution in [-0.4, -0.2) is 33.6 Å². The van der Waals surface area contributed by atoms with Gasteiger partial charge >= 0.3 is 0 Å². The lowest BCUT2D eigenvalue weighted by Gasteiger charge is -2.30. The lowest BCUT2D eigenvalue weighted by atomic mass is 9.94. The van der Waals surface area contributed by atoms with Gasteiger partial charge in [-0.25, -0.2) is 9.07 Å². The first kappa shape index (κ1) is 26.1. The number of fused-ring (bicyclic) bond motifs is 1. The Kier molecular flexibility index (Phi) is 6.98. The number of hydrogen-bond donors (Lipinski definition) is 3. The van der Waals surface area contributed by atoms with Gasteiger partial charge in [-0.1, -0.05) is 24.3 Å². The average molecular weight is 543 g/mol. The lowest BCUT2D eigenvalue weighted by Crippen LogP contribution is -2.32. The van der Waals surface area contributed by atoms with E-state index in [1.165, 1.54) is 60.5 Å². The third kappa shape index (κ3) is 4.97. The lowest BCUT2D eigenvalue weighted by molar-refractivity contribution is -0.384. The Morgan fingerprint density at radius 3 is 2.52 bits per heavy atom. The number of carbonyl (C=O) groups excluding carboxylic acids is 2. The Hall–Kier alpha value is -5.52. The monoisotopic (exact) mass is 542 g/mol. The maximum atomic E-state index is 13.7. The summed E-state index contributed by atoms with van der Waals surface area (Å²) in [6.07, 6.45) is 1.33. The van der Waals surface area contributed by atoms with Crippen molar-refractivity contribution < 1.29 is 23.6 Å². The van der Waals surface area contributed by atoms with Crippen molar-refractivity contribution in [3.8, 4) is 5.75 Å². The van der Waals surface area contributed by atoms with E-state index in [2.05, 4.69) is 21.0 Å². The molecule has 0 radical (unpaired) electrons. The molecule has 5 rings (SSSR count). The summed E-state index contributed by atoms with van der Waals surface area (Å²) in [7, 11) is 1.48. The molecule has 3 N–H and O–H groups in total. The molecule has 4 aromatic rings. The zero-order valence-electron chi connectivity index (χ0n) is 21.3. The number of aromatic nitrogens is 2. The first-order chi connectivity index (χ1) is 19.3.